The van der Waals surface area contributed by atoms with Crippen molar-refractivity contribution >= 4 is 22.8 Å². The van der Waals surface area contributed by atoms with E-state index in [1.165, 1.54) is 24.3 Å². The molecule has 0 spiro atoms. The monoisotopic (exact) mass is 367 g/mol. The molecule has 1 aromatic heterocycles. The van der Waals surface area contributed by atoms with E-state index in [0.29, 0.717) is 36.1 Å². The van der Waals surface area contributed by atoms with Crippen molar-refractivity contribution in [2.75, 3.05) is 7.11 Å². The van der Waals surface area contributed by atoms with Gasteiger partial charge in [-0.3, -0.25) is 14.2 Å². The molecule has 0 amide bonds. The van der Waals surface area contributed by atoms with Gasteiger partial charge in [0.05, 0.1) is 18.5 Å². The average molecular weight is 367 g/mol. The third-order valence-corrected chi connectivity index (χ3v) is 5.21. The van der Waals surface area contributed by atoms with E-state index in [4.69, 9.17) is 4.74 Å². The van der Waals surface area contributed by atoms with Crippen molar-refractivity contribution in [3.63, 3.8) is 0 Å². The van der Waals surface area contributed by atoms with Crippen LogP contribution in [0.3, 0.4) is 0 Å². The summed E-state index contributed by atoms with van der Waals surface area (Å²) in [6, 6.07) is 10.9. The van der Waals surface area contributed by atoms with Crippen LogP contribution in [0.2, 0.25) is 0 Å². The summed E-state index contributed by atoms with van der Waals surface area (Å²) < 4.78 is 20.2. The van der Waals surface area contributed by atoms with Gasteiger partial charge in [0.25, 0.3) is 5.91 Å². The van der Waals surface area contributed by atoms with E-state index in [-0.39, 0.29) is 5.91 Å². The fourth-order valence-electron chi connectivity index (χ4n) is 3.83. The number of hydrogen-bond acceptors (Lipinski definition) is 3. The van der Waals surface area contributed by atoms with Crippen LogP contribution in [0.15, 0.2) is 42.5 Å². The molecule has 6 heteroatoms. The highest BCUT2D eigenvalue weighted by Crippen LogP contribution is 2.36. The van der Waals surface area contributed by atoms with Gasteiger partial charge in [0.15, 0.2) is 0 Å². The maximum atomic E-state index is 13.2. The highest BCUT2D eigenvalue weighted by Gasteiger charge is 2.31. The third kappa shape index (κ3) is 2.87. The van der Waals surface area contributed by atoms with Crippen LogP contribution >= 0.6 is 0 Å². The molecule has 4 rings (SSSR count). The summed E-state index contributed by atoms with van der Waals surface area (Å²) in [7, 11) is 1.56. The molecule has 1 heterocycles. The quantitative estimate of drug-likeness (QED) is 0.767. The fourth-order valence-corrected chi connectivity index (χ4v) is 3.83. The predicted molar refractivity (Wildman–Crippen MR) is 97.8 cm³/mol. The molecule has 0 aliphatic heterocycles. The molecular weight excluding hydrogens is 349 g/mol. The van der Waals surface area contributed by atoms with Crippen molar-refractivity contribution < 1.29 is 23.8 Å². The number of benzene rings is 2. The number of aliphatic carboxylic acids is 1. The number of fused-ring (bicyclic) bond motifs is 3. The minimum absolute atomic E-state index is 0.250. The van der Waals surface area contributed by atoms with Gasteiger partial charge in [-0.05, 0) is 67.3 Å². The normalized spacial score (nSPS) is 16.1. The Morgan fingerprint density at radius 3 is 2.59 bits per heavy atom. The molecule has 3 aromatic rings. The zero-order valence-corrected chi connectivity index (χ0v) is 14.7. The minimum atomic E-state index is -0.825. The number of carboxylic acid groups (broad SMARTS) is 1. The molecule has 1 unspecified atom stereocenters. The van der Waals surface area contributed by atoms with Gasteiger partial charge in [-0.25, -0.2) is 4.39 Å². The zero-order valence-electron chi connectivity index (χ0n) is 14.7. The van der Waals surface area contributed by atoms with Gasteiger partial charge in [0.1, 0.15) is 11.6 Å². The molecule has 1 aliphatic rings. The summed E-state index contributed by atoms with van der Waals surface area (Å²) in [5.74, 6) is -1.30. The number of carboxylic acids is 1. The summed E-state index contributed by atoms with van der Waals surface area (Å²) in [6.45, 7) is 0. The van der Waals surface area contributed by atoms with Crippen molar-refractivity contribution in [2.24, 2.45) is 5.92 Å². The molecule has 2 aromatic carbocycles. The van der Waals surface area contributed by atoms with Crippen molar-refractivity contribution in [1.29, 1.82) is 0 Å². The first-order valence-electron chi connectivity index (χ1n) is 8.73. The number of rotatable bonds is 3. The van der Waals surface area contributed by atoms with Crippen LogP contribution in [-0.4, -0.2) is 28.7 Å². The molecule has 1 atom stereocenters. The van der Waals surface area contributed by atoms with E-state index in [0.717, 1.165) is 16.6 Å². The topological polar surface area (TPSA) is 68.5 Å². The number of ether oxygens (including phenoxy) is 1. The Morgan fingerprint density at radius 2 is 1.93 bits per heavy atom. The second-order valence-electron chi connectivity index (χ2n) is 6.73. The molecule has 138 valence electrons. The third-order valence-electron chi connectivity index (χ3n) is 5.21. The second-order valence-corrected chi connectivity index (χ2v) is 6.73. The Hall–Kier alpha value is -3.15. The van der Waals surface area contributed by atoms with Gasteiger partial charge in [-0.15, -0.1) is 0 Å². The summed E-state index contributed by atoms with van der Waals surface area (Å²) in [6.07, 6.45) is 1.35. The van der Waals surface area contributed by atoms with Crippen LogP contribution in [-0.2, 0) is 17.6 Å². The SMILES string of the molecule is COc1ccc2c(c1)c1c(n2C(=O)c2ccc(F)cc2)CCC(C(=O)O)C1. The van der Waals surface area contributed by atoms with Gasteiger partial charge in [-0.1, -0.05) is 0 Å². The molecule has 1 N–H and O–H groups in total. The van der Waals surface area contributed by atoms with Crippen molar-refractivity contribution in [3.05, 3.63) is 65.1 Å². The summed E-state index contributed by atoms with van der Waals surface area (Å²) in [4.78, 5) is 24.7. The molecule has 0 saturated carbocycles. The van der Waals surface area contributed by atoms with E-state index in [9.17, 15) is 19.1 Å². The van der Waals surface area contributed by atoms with E-state index in [2.05, 4.69) is 0 Å². The molecule has 27 heavy (non-hydrogen) atoms. The Balaban J connectivity index is 1.91. The molecule has 0 bridgehead atoms. The first kappa shape index (κ1) is 17.3. The summed E-state index contributed by atoms with van der Waals surface area (Å²) in [5, 5.41) is 10.2. The van der Waals surface area contributed by atoms with Gasteiger partial charge >= 0.3 is 5.97 Å². The van der Waals surface area contributed by atoms with Gasteiger partial charge < -0.3 is 9.84 Å². The number of hydrogen-bond donors (Lipinski definition) is 1. The highest BCUT2D eigenvalue weighted by atomic mass is 19.1. The van der Waals surface area contributed by atoms with Crippen LogP contribution in [0.1, 0.15) is 28.0 Å². The van der Waals surface area contributed by atoms with Crippen molar-refractivity contribution in [1.82, 2.24) is 4.57 Å². The Kier molecular flexibility index (Phi) is 4.18. The number of carbonyl (C=O) groups excluding carboxylic acids is 1. The summed E-state index contributed by atoms with van der Waals surface area (Å²) >= 11 is 0. The first-order chi connectivity index (χ1) is 13.0. The van der Waals surface area contributed by atoms with E-state index < -0.39 is 17.7 Å². The van der Waals surface area contributed by atoms with Crippen LogP contribution < -0.4 is 4.74 Å². The number of methoxy groups -OCH3 is 1. The maximum absolute atomic E-state index is 13.2. The standard InChI is InChI=1S/C21H18FNO4/c1-27-15-7-9-19-17(11-15)16-10-13(21(25)26)4-8-18(16)23(19)20(24)12-2-5-14(22)6-3-12/h2-3,5-7,9,11,13H,4,8,10H2,1H3,(H,25,26). The molecule has 0 fully saturated rings. The van der Waals surface area contributed by atoms with E-state index in [1.54, 1.807) is 17.7 Å². The van der Waals surface area contributed by atoms with Gasteiger partial charge in [-0.2, -0.15) is 0 Å². The smallest absolute Gasteiger partial charge is 0.306 e. The molecule has 0 radical (unpaired) electrons. The first-order valence-corrected chi connectivity index (χ1v) is 8.73. The molecule has 0 saturated heterocycles. The predicted octanol–water partition coefficient (Wildman–Crippen LogP) is 3.67. The maximum Gasteiger partial charge on any atom is 0.306 e. The number of carbonyl (C=O) groups is 2. The second kappa shape index (κ2) is 6.54. The summed E-state index contributed by atoms with van der Waals surface area (Å²) in [5.41, 5.74) is 2.79. The largest absolute Gasteiger partial charge is 0.497 e. The Morgan fingerprint density at radius 1 is 1.19 bits per heavy atom. The van der Waals surface area contributed by atoms with Crippen molar-refractivity contribution in [3.8, 4) is 5.75 Å². The lowest BCUT2D eigenvalue weighted by Crippen LogP contribution is -2.24. The van der Waals surface area contributed by atoms with Crippen LogP contribution in [0.4, 0.5) is 4.39 Å². The van der Waals surface area contributed by atoms with Crippen LogP contribution in [0.25, 0.3) is 10.9 Å². The van der Waals surface area contributed by atoms with Crippen molar-refractivity contribution in [2.45, 2.75) is 19.3 Å². The lowest BCUT2D eigenvalue weighted by atomic mass is 9.86. The van der Waals surface area contributed by atoms with E-state index >= 15 is 0 Å². The lowest BCUT2D eigenvalue weighted by molar-refractivity contribution is -0.142. The molecule has 5 nitrogen and oxygen atoms in total. The Labute approximate surface area is 155 Å². The van der Waals surface area contributed by atoms with Crippen LogP contribution in [0.5, 0.6) is 5.75 Å². The fraction of sp³-hybridized carbons (Fsp3) is 0.238. The Bertz CT molecular complexity index is 1050. The number of aromatic nitrogens is 1. The highest BCUT2D eigenvalue weighted by molar-refractivity contribution is 6.04. The number of nitrogens with zero attached hydrogens (tertiary/aromatic N) is 1. The van der Waals surface area contributed by atoms with E-state index in [1.807, 2.05) is 12.1 Å². The average Bonchev–Trinajstić information content (AvgIpc) is 3.00. The minimum Gasteiger partial charge on any atom is -0.497 e. The van der Waals surface area contributed by atoms with Crippen LogP contribution in [0, 0.1) is 11.7 Å². The van der Waals surface area contributed by atoms with Gasteiger partial charge in [0.2, 0.25) is 0 Å². The lowest BCUT2D eigenvalue weighted by Gasteiger charge is -2.20. The molecular formula is C21H18FNO4. The zero-order chi connectivity index (χ0) is 19.1. The van der Waals surface area contributed by atoms with Gasteiger partial charge in [0, 0.05) is 16.6 Å². The number of halogens is 1. The molecule has 1 aliphatic carbocycles.